The maximum absolute atomic E-state index is 13.9. The second-order valence-electron chi connectivity index (χ2n) is 3.79. The molecule has 0 aliphatic rings. The molecule has 0 unspecified atom stereocenters. The summed E-state index contributed by atoms with van der Waals surface area (Å²) in [6.45, 7) is -0.403. The zero-order valence-corrected chi connectivity index (χ0v) is 9.78. The smallest absolute Gasteiger partial charge is 0.134 e. The summed E-state index contributed by atoms with van der Waals surface area (Å²) in [6, 6.07) is 8.85. The zero-order valence-electron chi connectivity index (χ0n) is 9.78. The number of benzene rings is 2. The first-order valence-corrected chi connectivity index (χ1v) is 5.39. The first kappa shape index (κ1) is 12.5. The third-order valence-electron chi connectivity index (χ3n) is 2.66. The quantitative estimate of drug-likeness (QED) is 0.906. The fourth-order valence-electron chi connectivity index (χ4n) is 1.83. The number of ether oxygens (including phenoxy) is 1. The van der Waals surface area contributed by atoms with Crippen LogP contribution in [0.25, 0.3) is 11.1 Å². The standard InChI is InChI=1S/C14H12F2O2/c1-18-13-5-3-2-4-10(13)14-11(15)6-9(8-17)7-12(14)16/h2-7,17H,8H2,1H3. The van der Waals surface area contributed by atoms with E-state index in [-0.39, 0.29) is 11.1 Å². The minimum Gasteiger partial charge on any atom is -0.496 e. The van der Waals surface area contributed by atoms with Gasteiger partial charge in [0.15, 0.2) is 0 Å². The molecule has 0 aliphatic heterocycles. The number of hydrogen-bond acceptors (Lipinski definition) is 2. The number of aliphatic hydroxyl groups is 1. The fraction of sp³-hybridized carbons (Fsp3) is 0.143. The van der Waals surface area contributed by atoms with Crippen LogP contribution in [0.4, 0.5) is 8.78 Å². The number of halogens is 2. The average Bonchev–Trinajstić information content (AvgIpc) is 2.38. The summed E-state index contributed by atoms with van der Waals surface area (Å²) in [6.07, 6.45) is 0. The van der Waals surface area contributed by atoms with Crippen LogP contribution in [0, 0.1) is 11.6 Å². The second kappa shape index (κ2) is 5.14. The van der Waals surface area contributed by atoms with Gasteiger partial charge in [-0.2, -0.15) is 0 Å². The number of hydrogen-bond donors (Lipinski definition) is 1. The normalized spacial score (nSPS) is 10.4. The molecule has 0 radical (unpaired) electrons. The van der Waals surface area contributed by atoms with Crippen LogP contribution in [0.15, 0.2) is 36.4 Å². The van der Waals surface area contributed by atoms with E-state index < -0.39 is 18.2 Å². The second-order valence-corrected chi connectivity index (χ2v) is 3.79. The van der Waals surface area contributed by atoms with Crippen LogP contribution in [-0.2, 0) is 6.61 Å². The van der Waals surface area contributed by atoms with Crippen molar-refractivity contribution in [2.24, 2.45) is 0 Å². The molecule has 18 heavy (non-hydrogen) atoms. The van der Waals surface area contributed by atoms with E-state index in [0.717, 1.165) is 12.1 Å². The molecule has 2 nitrogen and oxygen atoms in total. The van der Waals surface area contributed by atoms with E-state index in [2.05, 4.69) is 0 Å². The first-order chi connectivity index (χ1) is 8.67. The van der Waals surface area contributed by atoms with E-state index in [9.17, 15) is 8.78 Å². The monoisotopic (exact) mass is 250 g/mol. The van der Waals surface area contributed by atoms with Crippen LogP contribution in [-0.4, -0.2) is 12.2 Å². The molecule has 2 aromatic carbocycles. The van der Waals surface area contributed by atoms with E-state index in [1.165, 1.54) is 7.11 Å². The predicted octanol–water partition coefficient (Wildman–Crippen LogP) is 3.13. The summed E-state index contributed by atoms with van der Waals surface area (Å²) >= 11 is 0. The van der Waals surface area contributed by atoms with Crippen molar-refractivity contribution in [3.8, 4) is 16.9 Å². The van der Waals surface area contributed by atoms with Gasteiger partial charge in [-0.15, -0.1) is 0 Å². The summed E-state index contributed by atoms with van der Waals surface area (Å²) in [7, 11) is 1.44. The molecular weight excluding hydrogens is 238 g/mol. The third-order valence-corrected chi connectivity index (χ3v) is 2.66. The Labute approximate surface area is 103 Å². The molecule has 0 aliphatic carbocycles. The van der Waals surface area contributed by atoms with Crippen molar-refractivity contribution in [1.82, 2.24) is 0 Å². The van der Waals surface area contributed by atoms with Crippen molar-refractivity contribution in [2.45, 2.75) is 6.61 Å². The van der Waals surface area contributed by atoms with E-state index in [0.29, 0.717) is 11.3 Å². The van der Waals surface area contributed by atoms with Crippen LogP contribution in [0.3, 0.4) is 0 Å². The van der Waals surface area contributed by atoms with E-state index in [1.807, 2.05) is 0 Å². The van der Waals surface area contributed by atoms with Crippen molar-refractivity contribution in [2.75, 3.05) is 7.11 Å². The summed E-state index contributed by atoms with van der Waals surface area (Å²) in [5, 5.41) is 8.89. The SMILES string of the molecule is COc1ccccc1-c1c(F)cc(CO)cc1F. The zero-order chi connectivity index (χ0) is 13.1. The Bertz CT molecular complexity index is 544. The highest BCUT2D eigenvalue weighted by Crippen LogP contribution is 2.34. The molecule has 2 aromatic rings. The summed E-state index contributed by atoms with van der Waals surface area (Å²) < 4.78 is 32.9. The van der Waals surface area contributed by atoms with Crippen molar-refractivity contribution < 1.29 is 18.6 Å². The highest BCUT2D eigenvalue weighted by molar-refractivity contribution is 5.71. The summed E-state index contributed by atoms with van der Waals surface area (Å²) in [5.41, 5.74) is 0.396. The number of methoxy groups -OCH3 is 1. The topological polar surface area (TPSA) is 29.5 Å². The third kappa shape index (κ3) is 2.19. The van der Waals surface area contributed by atoms with Crippen molar-refractivity contribution in [1.29, 1.82) is 0 Å². The molecule has 0 fully saturated rings. The maximum atomic E-state index is 13.9. The van der Waals surface area contributed by atoms with E-state index >= 15 is 0 Å². The lowest BCUT2D eigenvalue weighted by atomic mass is 10.0. The average molecular weight is 250 g/mol. The Morgan fingerprint density at radius 3 is 2.28 bits per heavy atom. The Hall–Kier alpha value is -1.94. The Kier molecular flexibility index (Phi) is 3.58. The number of aliphatic hydroxyl groups excluding tert-OH is 1. The van der Waals surface area contributed by atoms with Gasteiger partial charge in [0.25, 0.3) is 0 Å². The lowest BCUT2D eigenvalue weighted by Crippen LogP contribution is -1.96. The predicted molar refractivity (Wildman–Crippen MR) is 64.3 cm³/mol. The molecule has 0 spiro atoms. The molecule has 94 valence electrons. The van der Waals surface area contributed by atoms with Gasteiger partial charge in [0.05, 0.1) is 19.3 Å². The van der Waals surface area contributed by atoms with Gasteiger partial charge in [0, 0.05) is 5.56 Å². The van der Waals surface area contributed by atoms with Crippen molar-refractivity contribution >= 4 is 0 Å². The van der Waals surface area contributed by atoms with Crippen LogP contribution in [0.1, 0.15) is 5.56 Å². The first-order valence-electron chi connectivity index (χ1n) is 5.39. The largest absolute Gasteiger partial charge is 0.496 e. The number of para-hydroxylation sites is 1. The van der Waals surface area contributed by atoms with E-state index in [1.54, 1.807) is 24.3 Å². The molecule has 0 amide bonds. The molecule has 2 rings (SSSR count). The van der Waals surface area contributed by atoms with Crippen LogP contribution < -0.4 is 4.74 Å². The Morgan fingerprint density at radius 2 is 1.72 bits per heavy atom. The summed E-state index contributed by atoms with van der Waals surface area (Å²) in [4.78, 5) is 0. The van der Waals surface area contributed by atoms with Crippen molar-refractivity contribution in [3.63, 3.8) is 0 Å². The van der Waals surface area contributed by atoms with Crippen LogP contribution in [0.5, 0.6) is 5.75 Å². The molecule has 0 saturated heterocycles. The molecule has 1 N–H and O–H groups in total. The van der Waals surface area contributed by atoms with Crippen molar-refractivity contribution in [3.05, 3.63) is 53.6 Å². The fourth-order valence-corrected chi connectivity index (χ4v) is 1.83. The molecule has 0 atom stereocenters. The molecule has 0 bridgehead atoms. The molecular formula is C14H12F2O2. The van der Waals surface area contributed by atoms with Gasteiger partial charge in [-0.05, 0) is 23.8 Å². The minimum absolute atomic E-state index is 0.148. The highest BCUT2D eigenvalue weighted by Gasteiger charge is 2.16. The van der Waals surface area contributed by atoms with Crippen LogP contribution >= 0.6 is 0 Å². The minimum atomic E-state index is -0.719. The molecule has 0 saturated carbocycles. The Morgan fingerprint density at radius 1 is 1.11 bits per heavy atom. The molecule has 0 aromatic heterocycles. The highest BCUT2D eigenvalue weighted by atomic mass is 19.1. The number of rotatable bonds is 3. The molecule has 4 heteroatoms. The van der Waals surface area contributed by atoms with Gasteiger partial charge in [-0.1, -0.05) is 18.2 Å². The Balaban J connectivity index is 2.64. The summed E-state index contributed by atoms with van der Waals surface area (Å²) in [5.74, 6) is -1.04. The van der Waals surface area contributed by atoms with Gasteiger partial charge in [0.1, 0.15) is 17.4 Å². The molecule has 0 heterocycles. The van der Waals surface area contributed by atoms with Crippen LogP contribution in [0.2, 0.25) is 0 Å². The van der Waals surface area contributed by atoms with Gasteiger partial charge in [0.2, 0.25) is 0 Å². The maximum Gasteiger partial charge on any atom is 0.134 e. The van der Waals surface area contributed by atoms with Gasteiger partial charge >= 0.3 is 0 Å². The lowest BCUT2D eigenvalue weighted by Gasteiger charge is -2.11. The van der Waals surface area contributed by atoms with E-state index in [4.69, 9.17) is 9.84 Å². The van der Waals surface area contributed by atoms with Gasteiger partial charge in [-0.25, -0.2) is 8.78 Å². The van der Waals surface area contributed by atoms with Gasteiger partial charge < -0.3 is 9.84 Å². The lowest BCUT2D eigenvalue weighted by molar-refractivity contribution is 0.280. The van der Waals surface area contributed by atoms with Gasteiger partial charge in [-0.3, -0.25) is 0 Å².